The van der Waals surface area contributed by atoms with Crippen LogP contribution in [-0.2, 0) is 4.79 Å². The van der Waals surface area contributed by atoms with Gasteiger partial charge in [-0.1, -0.05) is 30.8 Å². The third kappa shape index (κ3) is 4.56. The number of hydrogen-bond donors (Lipinski definition) is 1. The van der Waals surface area contributed by atoms with E-state index in [-0.39, 0.29) is 5.91 Å². The first-order chi connectivity index (χ1) is 10.1. The van der Waals surface area contributed by atoms with E-state index in [9.17, 15) is 4.79 Å². The van der Waals surface area contributed by atoms with Gasteiger partial charge < -0.3 is 9.84 Å². The zero-order chi connectivity index (χ0) is 15.2. The zero-order valence-electron chi connectivity index (χ0n) is 12.3. The first kappa shape index (κ1) is 15.5. The highest BCUT2D eigenvalue weighted by molar-refractivity contribution is 8.00. The molecule has 0 saturated carbocycles. The first-order valence-corrected chi connectivity index (χ1v) is 7.70. The van der Waals surface area contributed by atoms with Crippen LogP contribution in [0, 0.1) is 12.8 Å². The molecule has 0 saturated heterocycles. The van der Waals surface area contributed by atoms with Crippen LogP contribution in [0.5, 0.6) is 0 Å². The molecule has 2 heterocycles. The molecule has 1 N–H and O–H groups in total. The van der Waals surface area contributed by atoms with E-state index in [2.05, 4.69) is 34.3 Å². The number of aromatic nitrogens is 3. The van der Waals surface area contributed by atoms with Crippen molar-refractivity contribution in [3.63, 3.8) is 0 Å². The van der Waals surface area contributed by atoms with E-state index in [4.69, 9.17) is 4.52 Å². The lowest BCUT2D eigenvalue weighted by Crippen LogP contribution is -2.28. The molecule has 0 unspecified atom stereocenters. The predicted molar refractivity (Wildman–Crippen MR) is 80.8 cm³/mol. The van der Waals surface area contributed by atoms with Crippen LogP contribution >= 0.6 is 11.8 Å². The quantitative estimate of drug-likeness (QED) is 0.825. The number of pyridine rings is 1. The molecule has 21 heavy (non-hydrogen) atoms. The van der Waals surface area contributed by atoms with Crippen LogP contribution < -0.4 is 5.32 Å². The zero-order valence-corrected chi connectivity index (χ0v) is 13.1. The third-order valence-electron chi connectivity index (χ3n) is 2.59. The van der Waals surface area contributed by atoms with Gasteiger partial charge in [-0.15, -0.1) is 0 Å². The van der Waals surface area contributed by atoms with E-state index in [0.29, 0.717) is 29.9 Å². The fourth-order valence-corrected chi connectivity index (χ4v) is 2.41. The Morgan fingerprint density at radius 2 is 2.29 bits per heavy atom. The van der Waals surface area contributed by atoms with Crippen LogP contribution in [0.3, 0.4) is 0 Å². The summed E-state index contributed by atoms with van der Waals surface area (Å²) in [6.07, 6.45) is 1.69. The van der Waals surface area contributed by atoms with E-state index >= 15 is 0 Å². The second kappa shape index (κ2) is 7.21. The van der Waals surface area contributed by atoms with Gasteiger partial charge in [0.15, 0.2) is 0 Å². The van der Waals surface area contributed by atoms with Gasteiger partial charge in [0.1, 0.15) is 5.03 Å². The highest BCUT2D eigenvalue weighted by Crippen LogP contribution is 2.27. The Bertz CT molecular complexity index is 613. The van der Waals surface area contributed by atoms with E-state index in [1.807, 2.05) is 12.1 Å². The van der Waals surface area contributed by atoms with Gasteiger partial charge in [-0.3, -0.25) is 4.79 Å². The Morgan fingerprint density at radius 1 is 1.48 bits per heavy atom. The lowest BCUT2D eigenvalue weighted by Gasteiger charge is -2.08. The highest BCUT2D eigenvalue weighted by Gasteiger charge is 2.13. The second-order valence-electron chi connectivity index (χ2n) is 4.98. The Hall–Kier alpha value is -1.89. The van der Waals surface area contributed by atoms with Crippen molar-refractivity contribution >= 4 is 17.7 Å². The van der Waals surface area contributed by atoms with Crippen LogP contribution in [0.2, 0.25) is 0 Å². The second-order valence-corrected chi connectivity index (χ2v) is 5.94. The highest BCUT2D eigenvalue weighted by atomic mass is 32.2. The minimum atomic E-state index is -0.00500. The number of hydrogen-bond acceptors (Lipinski definition) is 6. The lowest BCUT2D eigenvalue weighted by molar-refractivity contribution is -0.118. The molecule has 0 bridgehead atoms. The largest absolute Gasteiger partial charge is 0.355 e. The molecule has 2 aromatic rings. The normalized spacial score (nSPS) is 10.9. The van der Waals surface area contributed by atoms with Gasteiger partial charge in [-0.25, -0.2) is 4.98 Å². The van der Waals surface area contributed by atoms with Crippen molar-refractivity contribution in [3.8, 4) is 11.4 Å². The maximum Gasteiger partial charge on any atom is 0.230 e. The number of rotatable bonds is 6. The summed E-state index contributed by atoms with van der Waals surface area (Å²) < 4.78 is 4.99. The topological polar surface area (TPSA) is 80.9 Å². The van der Waals surface area contributed by atoms with Crippen LogP contribution in [-0.4, -0.2) is 33.3 Å². The van der Waals surface area contributed by atoms with Crippen molar-refractivity contribution in [1.82, 2.24) is 20.4 Å². The van der Waals surface area contributed by atoms with Crippen molar-refractivity contribution in [2.24, 2.45) is 5.92 Å². The SMILES string of the molecule is Cc1nc(-c2cccnc2SCC(=O)NCC(C)C)no1. The van der Waals surface area contributed by atoms with E-state index in [1.165, 1.54) is 11.8 Å². The molecular formula is C14H18N4O2S. The van der Waals surface area contributed by atoms with Gasteiger partial charge in [-0.2, -0.15) is 4.98 Å². The molecular weight excluding hydrogens is 288 g/mol. The van der Waals surface area contributed by atoms with Gasteiger partial charge in [0.25, 0.3) is 0 Å². The number of carbonyl (C=O) groups excluding carboxylic acids is 1. The summed E-state index contributed by atoms with van der Waals surface area (Å²) >= 11 is 1.37. The van der Waals surface area contributed by atoms with Gasteiger partial charge in [0.05, 0.1) is 11.3 Å². The van der Waals surface area contributed by atoms with Gasteiger partial charge in [0.2, 0.25) is 17.6 Å². The van der Waals surface area contributed by atoms with Crippen LogP contribution in [0.15, 0.2) is 27.9 Å². The summed E-state index contributed by atoms with van der Waals surface area (Å²) in [5.41, 5.74) is 0.774. The molecule has 0 aliphatic heterocycles. The first-order valence-electron chi connectivity index (χ1n) is 6.71. The number of aryl methyl sites for hydroxylation is 1. The molecule has 0 aliphatic rings. The summed E-state index contributed by atoms with van der Waals surface area (Å²) in [4.78, 5) is 20.3. The molecule has 2 aromatic heterocycles. The van der Waals surface area contributed by atoms with Gasteiger partial charge in [-0.05, 0) is 18.1 Å². The summed E-state index contributed by atoms with van der Waals surface area (Å²) in [6.45, 7) is 6.53. The Balaban J connectivity index is 2.02. The summed E-state index contributed by atoms with van der Waals surface area (Å²) in [6, 6.07) is 3.68. The Kier molecular flexibility index (Phi) is 5.32. The van der Waals surface area contributed by atoms with Crippen molar-refractivity contribution in [2.75, 3.05) is 12.3 Å². The fourth-order valence-electron chi connectivity index (χ4n) is 1.59. The molecule has 6 nitrogen and oxygen atoms in total. The number of carbonyl (C=O) groups is 1. The predicted octanol–water partition coefficient (Wildman–Crippen LogP) is 2.30. The number of amides is 1. The number of nitrogens with one attached hydrogen (secondary N) is 1. The van der Waals surface area contributed by atoms with E-state index in [0.717, 1.165) is 10.6 Å². The molecule has 0 fully saturated rings. The average molecular weight is 306 g/mol. The molecule has 0 spiro atoms. The standard InChI is InChI=1S/C14H18N4O2S/c1-9(2)7-16-12(19)8-21-14-11(5-4-6-15-14)13-17-10(3)20-18-13/h4-6,9H,7-8H2,1-3H3,(H,16,19). The summed E-state index contributed by atoms with van der Waals surface area (Å²) in [7, 11) is 0. The monoisotopic (exact) mass is 306 g/mol. The number of thioether (sulfide) groups is 1. The minimum absolute atomic E-state index is 0.00500. The minimum Gasteiger partial charge on any atom is -0.355 e. The molecule has 0 aliphatic carbocycles. The average Bonchev–Trinajstić information content (AvgIpc) is 2.89. The molecule has 0 atom stereocenters. The van der Waals surface area contributed by atoms with E-state index < -0.39 is 0 Å². The number of nitrogens with zero attached hydrogens (tertiary/aromatic N) is 3. The van der Waals surface area contributed by atoms with Gasteiger partial charge in [0, 0.05) is 19.7 Å². The van der Waals surface area contributed by atoms with Crippen LogP contribution in [0.25, 0.3) is 11.4 Å². The van der Waals surface area contributed by atoms with Crippen LogP contribution in [0.4, 0.5) is 0 Å². The van der Waals surface area contributed by atoms with Crippen molar-refractivity contribution < 1.29 is 9.32 Å². The van der Waals surface area contributed by atoms with Crippen molar-refractivity contribution in [2.45, 2.75) is 25.8 Å². The fraction of sp³-hybridized carbons (Fsp3) is 0.429. The smallest absolute Gasteiger partial charge is 0.230 e. The summed E-state index contributed by atoms with van der Waals surface area (Å²) in [5.74, 6) is 1.74. The Labute approximate surface area is 127 Å². The van der Waals surface area contributed by atoms with Gasteiger partial charge >= 0.3 is 0 Å². The molecule has 2 rings (SSSR count). The molecule has 1 amide bonds. The molecule has 112 valence electrons. The van der Waals surface area contributed by atoms with Crippen LogP contribution in [0.1, 0.15) is 19.7 Å². The third-order valence-corrected chi connectivity index (χ3v) is 3.59. The molecule has 0 radical (unpaired) electrons. The Morgan fingerprint density at radius 3 is 2.95 bits per heavy atom. The maximum atomic E-state index is 11.8. The molecule has 0 aromatic carbocycles. The summed E-state index contributed by atoms with van der Waals surface area (Å²) in [5, 5.41) is 7.49. The van der Waals surface area contributed by atoms with Crippen molar-refractivity contribution in [1.29, 1.82) is 0 Å². The molecule has 7 heteroatoms. The van der Waals surface area contributed by atoms with E-state index in [1.54, 1.807) is 13.1 Å². The lowest BCUT2D eigenvalue weighted by atomic mass is 10.2. The van der Waals surface area contributed by atoms with Crippen molar-refractivity contribution in [3.05, 3.63) is 24.2 Å². The maximum absolute atomic E-state index is 11.8.